The van der Waals surface area contributed by atoms with Gasteiger partial charge in [-0.15, -0.1) is 10.2 Å². The van der Waals surface area contributed by atoms with Gasteiger partial charge in [0.1, 0.15) is 5.71 Å². The molecule has 0 fully saturated rings. The van der Waals surface area contributed by atoms with Crippen LogP contribution in [0.2, 0.25) is 0 Å². The Labute approximate surface area is 151 Å². The van der Waals surface area contributed by atoms with E-state index in [9.17, 15) is 0 Å². The summed E-state index contributed by atoms with van der Waals surface area (Å²) in [4.78, 5) is 0. The van der Waals surface area contributed by atoms with Crippen LogP contribution in [0.5, 0.6) is 0 Å². The van der Waals surface area contributed by atoms with Gasteiger partial charge < -0.3 is 35.3 Å². The van der Waals surface area contributed by atoms with Crippen molar-refractivity contribution in [3.63, 3.8) is 0 Å². The van der Waals surface area contributed by atoms with Crippen LogP contribution in [-0.4, -0.2) is 36.0 Å². The molecule has 0 aliphatic rings. The van der Waals surface area contributed by atoms with Gasteiger partial charge in [-0.05, 0) is 12.1 Å². The minimum Gasteiger partial charge on any atom is -0.741 e. The second kappa shape index (κ2) is 12.0. The topological polar surface area (TPSA) is 70.7 Å². The Kier molecular flexibility index (Phi) is 11.2. The van der Waals surface area contributed by atoms with Crippen molar-refractivity contribution in [2.24, 2.45) is 20.4 Å². The number of hydrogen-bond acceptors (Lipinski definition) is 7. The molecule has 1 aromatic rings. The van der Waals surface area contributed by atoms with Crippen LogP contribution in [0.25, 0.3) is 0 Å². The van der Waals surface area contributed by atoms with Crippen molar-refractivity contribution in [1.29, 1.82) is 0 Å². The summed E-state index contributed by atoms with van der Waals surface area (Å²) in [5, 5.41) is 18.5. The zero-order valence-electron chi connectivity index (χ0n) is 12.0. The summed E-state index contributed by atoms with van der Waals surface area (Å²) in [7, 11) is 1.67. The Morgan fingerprint density at radius 1 is 1.18 bits per heavy atom. The molecule has 1 rings (SSSR count). The molecule has 0 saturated carbocycles. The first-order chi connectivity index (χ1) is 10.2. The predicted octanol–water partition coefficient (Wildman–Crippen LogP) is 1.44. The molecule has 22 heavy (non-hydrogen) atoms. The van der Waals surface area contributed by atoms with Crippen LogP contribution in [0.3, 0.4) is 0 Å². The fourth-order valence-corrected chi connectivity index (χ4v) is 1.41. The summed E-state index contributed by atoms with van der Waals surface area (Å²) in [6, 6.07) is 9.42. The average Bonchev–Trinajstić information content (AvgIpc) is 2.51. The maximum atomic E-state index is 5.05. The molecule has 1 aromatic carbocycles. The van der Waals surface area contributed by atoms with E-state index in [2.05, 4.69) is 25.7 Å². The number of nitrogens with one attached hydrogen (secondary N) is 1. The zero-order valence-corrected chi connectivity index (χ0v) is 14.6. The van der Waals surface area contributed by atoms with Gasteiger partial charge in [-0.25, -0.2) is 0 Å². The summed E-state index contributed by atoms with van der Waals surface area (Å²) in [5.74, 6) is 0. The van der Waals surface area contributed by atoms with Gasteiger partial charge >= 0.3 is 17.1 Å². The molecular weight excluding hydrogens is 370 g/mol. The number of nitrogens with zero attached hydrogens (tertiary/aromatic N) is 4. The van der Waals surface area contributed by atoms with Crippen molar-refractivity contribution in [3.8, 4) is 0 Å². The molecule has 0 bridgehead atoms. The largest absolute Gasteiger partial charge is 2.00 e. The molecule has 0 saturated heterocycles. The summed E-state index contributed by atoms with van der Waals surface area (Å²) in [6.45, 7) is 2.26. The second-order valence-electron chi connectivity index (χ2n) is 3.55. The van der Waals surface area contributed by atoms with Crippen molar-refractivity contribution in [2.45, 2.75) is 6.92 Å². The number of benzene rings is 1. The molecule has 0 aromatic heterocycles. The minimum absolute atomic E-state index is 0. The van der Waals surface area contributed by atoms with E-state index in [-0.39, 0.29) is 27.5 Å². The fraction of sp³-hybridized carbons (Fsp3) is 0.231. The Morgan fingerprint density at radius 3 is 2.45 bits per heavy atom. The van der Waals surface area contributed by atoms with E-state index in [0.29, 0.717) is 12.3 Å². The molecule has 0 aliphatic carbocycles. The molecule has 6 nitrogen and oxygen atoms in total. The minimum atomic E-state index is 0. The smallest absolute Gasteiger partial charge is 0.741 e. The SMILES string of the molecule is CCOC([S-])=NN=C(C=NN=C([S-])NC)c1ccccc1.[Cu+2]. The van der Waals surface area contributed by atoms with E-state index >= 15 is 0 Å². The monoisotopic (exact) mass is 384 g/mol. The maximum absolute atomic E-state index is 5.05. The van der Waals surface area contributed by atoms with E-state index in [1.165, 1.54) is 6.21 Å². The van der Waals surface area contributed by atoms with Gasteiger partial charge in [0.15, 0.2) is 0 Å². The third-order valence-electron chi connectivity index (χ3n) is 2.12. The summed E-state index contributed by atoms with van der Waals surface area (Å²) in [5.41, 5.74) is 1.33. The molecule has 1 N–H and O–H groups in total. The van der Waals surface area contributed by atoms with Crippen LogP contribution in [0.15, 0.2) is 50.7 Å². The van der Waals surface area contributed by atoms with E-state index in [4.69, 9.17) is 30.0 Å². The summed E-state index contributed by atoms with van der Waals surface area (Å²) >= 11 is 9.77. The molecule has 121 valence electrons. The molecule has 0 amide bonds. The van der Waals surface area contributed by atoms with Gasteiger partial charge in [-0.3, -0.25) is 0 Å². The van der Waals surface area contributed by atoms with E-state index in [1.807, 2.05) is 37.3 Å². The zero-order chi connectivity index (χ0) is 15.5. The van der Waals surface area contributed by atoms with Crippen LogP contribution < -0.4 is 5.32 Å². The summed E-state index contributed by atoms with van der Waals surface area (Å²) < 4.78 is 5.05. The first-order valence-electron chi connectivity index (χ1n) is 6.14. The van der Waals surface area contributed by atoms with Gasteiger partial charge in [0.2, 0.25) is 0 Å². The van der Waals surface area contributed by atoms with Crippen molar-refractivity contribution in [1.82, 2.24) is 5.32 Å². The van der Waals surface area contributed by atoms with Crippen molar-refractivity contribution < 1.29 is 21.8 Å². The summed E-state index contributed by atoms with van der Waals surface area (Å²) in [6.07, 6.45) is 1.46. The van der Waals surface area contributed by atoms with Crippen LogP contribution >= 0.6 is 0 Å². The quantitative estimate of drug-likeness (QED) is 0.274. The first kappa shape index (κ1) is 20.5. The molecule has 0 atom stereocenters. The van der Waals surface area contributed by atoms with Crippen molar-refractivity contribution in [3.05, 3.63) is 35.9 Å². The Balaban J connectivity index is 0.00000441. The molecule has 0 aliphatic heterocycles. The van der Waals surface area contributed by atoms with E-state index < -0.39 is 0 Å². The van der Waals surface area contributed by atoms with Gasteiger partial charge in [-0.2, -0.15) is 10.2 Å². The Bertz CT molecular complexity index is 561. The number of rotatable bonds is 5. The molecule has 0 spiro atoms. The average molecular weight is 385 g/mol. The molecule has 0 unspecified atom stereocenters. The van der Waals surface area contributed by atoms with E-state index in [1.54, 1.807) is 7.05 Å². The first-order valence-corrected chi connectivity index (χ1v) is 6.95. The Hall–Kier alpha value is -1.54. The normalized spacial score (nSPS) is 12.9. The standard InChI is InChI=1S/C13H17N5OS2.Cu/c1-3-19-13(21)18-16-11(9-15-17-12(20)14-2)10-7-5-4-6-8-10;/h4-9H,3H2,1-2H3,(H,18,21)(H2,14,17,20);/q;+2/p-2. The van der Waals surface area contributed by atoms with Gasteiger partial charge in [-0.1, -0.05) is 30.3 Å². The number of ether oxygens (including phenoxy) is 1. The third kappa shape index (κ3) is 8.04. The molecule has 9 heteroatoms. The second-order valence-corrected chi connectivity index (χ2v) is 4.29. The Morgan fingerprint density at radius 2 is 1.86 bits per heavy atom. The van der Waals surface area contributed by atoms with Gasteiger partial charge in [0, 0.05) is 12.6 Å². The molecule has 1 radical (unpaired) electrons. The van der Waals surface area contributed by atoms with Crippen LogP contribution in [-0.2, 0) is 47.1 Å². The van der Waals surface area contributed by atoms with Crippen molar-refractivity contribution in [2.75, 3.05) is 13.7 Å². The molecule has 0 heterocycles. The molecular formula is C13H15CuN5OS2. The van der Waals surface area contributed by atoms with Crippen LogP contribution in [0.1, 0.15) is 12.5 Å². The predicted molar refractivity (Wildman–Crippen MR) is 91.8 cm³/mol. The van der Waals surface area contributed by atoms with Gasteiger partial charge in [0.25, 0.3) is 0 Å². The fourth-order valence-electron chi connectivity index (χ4n) is 1.20. The number of hydrogen-bond donors (Lipinski definition) is 1. The number of amidine groups is 1. The third-order valence-corrected chi connectivity index (χ3v) is 2.60. The van der Waals surface area contributed by atoms with Gasteiger partial charge in [0.05, 0.1) is 18.1 Å². The maximum Gasteiger partial charge on any atom is 2.00 e. The van der Waals surface area contributed by atoms with E-state index in [0.717, 1.165) is 5.56 Å². The van der Waals surface area contributed by atoms with Crippen LogP contribution in [0, 0.1) is 0 Å². The van der Waals surface area contributed by atoms with Crippen molar-refractivity contribution >= 4 is 47.6 Å². The van der Waals surface area contributed by atoms with Crippen LogP contribution in [0.4, 0.5) is 0 Å².